The predicted octanol–water partition coefficient (Wildman–Crippen LogP) is 2.73. The summed E-state index contributed by atoms with van der Waals surface area (Å²) in [5.41, 5.74) is 3.17. The second-order valence-corrected chi connectivity index (χ2v) is 9.33. The van der Waals surface area contributed by atoms with Gasteiger partial charge in [0.25, 0.3) is 0 Å². The lowest BCUT2D eigenvalue weighted by molar-refractivity contribution is -0.132. The maximum Gasteiger partial charge on any atom is 0.246 e. The highest BCUT2D eigenvalue weighted by molar-refractivity contribution is 7.89. The molecule has 0 aliphatic carbocycles. The van der Waals surface area contributed by atoms with Gasteiger partial charge in [0.2, 0.25) is 15.9 Å². The number of benzene rings is 2. The van der Waals surface area contributed by atoms with E-state index in [2.05, 4.69) is 31.2 Å². The smallest absolute Gasteiger partial charge is 0.246 e. The van der Waals surface area contributed by atoms with Crippen molar-refractivity contribution in [3.63, 3.8) is 0 Å². The lowest BCUT2D eigenvalue weighted by Crippen LogP contribution is -2.50. The normalized spacial score (nSPS) is 15.4. The monoisotopic (exact) mass is 416 g/mol. The van der Waals surface area contributed by atoms with Gasteiger partial charge in [0.1, 0.15) is 10.6 Å². The largest absolute Gasteiger partial charge is 0.507 e. The molecule has 1 amide bonds. The van der Waals surface area contributed by atoms with Gasteiger partial charge in [-0.3, -0.25) is 4.79 Å². The lowest BCUT2D eigenvalue weighted by Gasteiger charge is -2.34. The summed E-state index contributed by atoms with van der Waals surface area (Å²) >= 11 is 0. The quantitative estimate of drug-likeness (QED) is 0.785. The summed E-state index contributed by atoms with van der Waals surface area (Å²) in [5, 5.41) is 9.98. The molecule has 0 saturated carbocycles. The number of sulfonamides is 1. The first-order valence-electron chi connectivity index (χ1n) is 9.96. The molecule has 1 heterocycles. The Morgan fingerprint density at radius 2 is 1.62 bits per heavy atom. The summed E-state index contributed by atoms with van der Waals surface area (Å²) in [7, 11) is -3.78. The van der Waals surface area contributed by atoms with Gasteiger partial charge in [0, 0.05) is 32.6 Å². The molecule has 2 aromatic carbocycles. The Bertz CT molecular complexity index is 963. The number of phenolic OH excluding ortho intramolecular Hbond substituents is 1. The van der Waals surface area contributed by atoms with Gasteiger partial charge in [-0.05, 0) is 48.6 Å². The number of carbonyl (C=O) groups is 1. The molecule has 156 valence electrons. The molecule has 6 nitrogen and oxygen atoms in total. The molecule has 0 radical (unpaired) electrons. The molecule has 0 aromatic heterocycles. The van der Waals surface area contributed by atoms with Crippen molar-refractivity contribution in [1.29, 1.82) is 0 Å². The second kappa shape index (κ2) is 8.97. The molecule has 3 rings (SSSR count). The highest BCUT2D eigenvalue weighted by Crippen LogP contribution is 2.27. The van der Waals surface area contributed by atoms with E-state index in [1.807, 2.05) is 0 Å². The molecule has 0 unspecified atom stereocenters. The van der Waals surface area contributed by atoms with Crippen LogP contribution in [0.2, 0.25) is 0 Å². The van der Waals surface area contributed by atoms with Crippen LogP contribution in [0.25, 0.3) is 0 Å². The maximum atomic E-state index is 12.9. The van der Waals surface area contributed by atoms with Gasteiger partial charge in [-0.1, -0.05) is 37.3 Å². The van der Waals surface area contributed by atoms with Crippen LogP contribution < -0.4 is 0 Å². The van der Waals surface area contributed by atoms with Gasteiger partial charge >= 0.3 is 0 Å². The zero-order valence-corrected chi connectivity index (χ0v) is 17.8. The standard InChI is InChI=1S/C22H28N2O4S/c1-3-18-5-7-19(8-6-18)9-11-22(26)23-12-14-24(15-13-23)29(27,28)21-16-17(2)4-10-20(21)25/h4-8,10,16,25H,3,9,11-15H2,1-2H3. The van der Waals surface area contributed by atoms with Crippen molar-refractivity contribution >= 4 is 15.9 Å². The molecule has 29 heavy (non-hydrogen) atoms. The number of nitrogens with zero attached hydrogens (tertiary/aromatic N) is 2. The highest BCUT2D eigenvalue weighted by atomic mass is 32.2. The third-order valence-electron chi connectivity index (χ3n) is 5.38. The number of amides is 1. The van der Waals surface area contributed by atoms with E-state index >= 15 is 0 Å². The number of piperazine rings is 1. The Labute approximate surface area is 172 Å². The van der Waals surface area contributed by atoms with E-state index < -0.39 is 10.0 Å². The van der Waals surface area contributed by atoms with Crippen LogP contribution in [0.4, 0.5) is 0 Å². The van der Waals surface area contributed by atoms with Crippen molar-refractivity contribution in [1.82, 2.24) is 9.21 Å². The number of aryl methyl sites for hydroxylation is 3. The summed E-state index contributed by atoms with van der Waals surface area (Å²) in [6, 6.07) is 12.8. The minimum absolute atomic E-state index is 0.0417. The van der Waals surface area contributed by atoms with Crippen molar-refractivity contribution in [2.75, 3.05) is 26.2 Å². The Balaban J connectivity index is 1.56. The van der Waals surface area contributed by atoms with Gasteiger partial charge in [-0.2, -0.15) is 4.31 Å². The molecule has 0 atom stereocenters. The molecule has 7 heteroatoms. The Hall–Kier alpha value is -2.38. The summed E-state index contributed by atoms with van der Waals surface area (Å²) in [5.74, 6) is -0.205. The Morgan fingerprint density at radius 1 is 1.00 bits per heavy atom. The predicted molar refractivity (Wildman–Crippen MR) is 112 cm³/mol. The Morgan fingerprint density at radius 3 is 2.24 bits per heavy atom. The SMILES string of the molecule is CCc1ccc(CCC(=O)N2CCN(S(=O)(=O)c3cc(C)ccc3O)CC2)cc1. The average Bonchev–Trinajstić information content (AvgIpc) is 2.74. The van der Waals surface area contributed by atoms with E-state index in [0.29, 0.717) is 25.9 Å². The van der Waals surface area contributed by atoms with E-state index in [1.54, 1.807) is 17.9 Å². The summed E-state index contributed by atoms with van der Waals surface area (Å²) < 4.78 is 27.1. The number of phenols is 1. The molecular formula is C22H28N2O4S. The fourth-order valence-electron chi connectivity index (χ4n) is 3.50. The van der Waals surface area contributed by atoms with E-state index in [4.69, 9.17) is 0 Å². The third kappa shape index (κ3) is 4.97. The van der Waals surface area contributed by atoms with E-state index in [9.17, 15) is 18.3 Å². The molecule has 1 saturated heterocycles. The third-order valence-corrected chi connectivity index (χ3v) is 7.31. The molecule has 1 aliphatic rings. The van der Waals surface area contributed by atoms with Crippen LogP contribution in [0.3, 0.4) is 0 Å². The van der Waals surface area contributed by atoms with Crippen LogP contribution in [-0.4, -0.2) is 54.8 Å². The zero-order valence-electron chi connectivity index (χ0n) is 17.0. The van der Waals surface area contributed by atoms with Gasteiger partial charge in [0.15, 0.2) is 0 Å². The van der Waals surface area contributed by atoms with E-state index in [-0.39, 0.29) is 29.6 Å². The second-order valence-electron chi connectivity index (χ2n) is 7.43. The number of hydrogen-bond acceptors (Lipinski definition) is 4. The first-order chi connectivity index (χ1) is 13.8. The zero-order chi connectivity index (χ0) is 21.0. The van der Waals surface area contributed by atoms with Crippen LogP contribution in [0, 0.1) is 6.92 Å². The molecular weight excluding hydrogens is 388 g/mol. The molecule has 0 bridgehead atoms. The molecule has 2 aromatic rings. The number of aromatic hydroxyl groups is 1. The lowest BCUT2D eigenvalue weighted by atomic mass is 10.1. The van der Waals surface area contributed by atoms with Crippen LogP contribution >= 0.6 is 0 Å². The van der Waals surface area contributed by atoms with E-state index in [1.165, 1.54) is 22.0 Å². The van der Waals surface area contributed by atoms with Crippen molar-refractivity contribution in [3.8, 4) is 5.75 Å². The van der Waals surface area contributed by atoms with Crippen LogP contribution in [0.15, 0.2) is 47.4 Å². The van der Waals surface area contributed by atoms with Gasteiger partial charge in [0.05, 0.1) is 0 Å². The average molecular weight is 417 g/mol. The minimum atomic E-state index is -3.78. The van der Waals surface area contributed by atoms with Crippen molar-refractivity contribution < 1.29 is 18.3 Å². The maximum absolute atomic E-state index is 12.9. The van der Waals surface area contributed by atoms with Crippen LogP contribution in [-0.2, 0) is 27.7 Å². The molecule has 0 spiro atoms. The molecule has 1 fully saturated rings. The fraction of sp³-hybridized carbons (Fsp3) is 0.409. The van der Waals surface area contributed by atoms with Gasteiger partial charge in [-0.15, -0.1) is 0 Å². The summed E-state index contributed by atoms with van der Waals surface area (Å²) in [4.78, 5) is 14.2. The van der Waals surface area contributed by atoms with Crippen molar-refractivity contribution in [2.45, 2.75) is 38.0 Å². The van der Waals surface area contributed by atoms with Gasteiger partial charge < -0.3 is 10.0 Å². The fourth-order valence-corrected chi connectivity index (χ4v) is 5.09. The van der Waals surface area contributed by atoms with Crippen LogP contribution in [0.1, 0.15) is 30.0 Å². The first-order valence-corrected chi connectivity index (χ1v) is 11.4. The topological polar surface area (TPSA) is 77.9 Å². The van der Waals surface area contributed by atoms with E-state index in [0.717, 1.165) is 17.5 Å². The number of hydrogen-bond donors (Lipinski definition) is 1. The van der Waals surface area contributed by atoms with Crippen molar-refractivity contribution in [3.05, 3.63) is 59.2 Å². The highest BCUT2D eigenvalue weighted by Gasteiger charge is 2.31. The minimum Gasteiger partial charge on any atom is -0.507 e. The van der Waals surface area contributed by atoms with Crippen LogP contribution in [0.5, 0.6) is 5.75 Å². The summed E-state index contributed by atoms with van der Waals surface area (Å²) in [6.45, 7) is 5.07. The van der Waals surface area contributed by atoms with Crippen molar-refractivity contribution in [2.24, 2.45) is 0 Å². The number of carbonyl (C=O) groups excluding carboxylic acids is 1. The number of rotatable bonds is 6. The molecule has 1 aliphatic heterocycles. The van der Waals surface area contributed by atoms with Gasteiger partial charge in [-0.25, -0.2) is 8.42 Å². The Kier molecular flexibility index (Phi) is 6.59. The summed E-state index contributed by atoms with van der Waals surface area (Å²) in [6.07, 6.45) is 2.09. The molecule has 1 N–H and O–H groups in total. The first kappa shape index (κ1) is 21.3.